The van der Waals surface area contributed by atoms with E-state index in [1.54, 1.807) is 11.3 Å². The number of carbonyl (C=O) groups excluding carboxylic acids is 1. The van der Waals surface area contributed by atoms with Crippen LogP contribution < -0.4 is 5.32 Å². The van der Waals surface area contributed by atoms with E-state index < -0.39 is 0 Å². The van der Waals surface area contributed by atoms with Crippen molar-refractivity contribution in [2.45, 2.75) is 25.0 Å². The van der Waals surface area contributed by atoms with E-state index in [9.17, 15) is 4.79 Å². The van der Waals surface area contributed by atoms with Crippen LogP contribution in [0.3, 0.4) is 0 Å². The standard InChI is InChI=1S/C23H25N3OS/c27-23(22-12-18-8-4-5-9-21(18)28-22)24-10-11-25-15-20-13-19(25)16-26(20)14-17-6-2-1-3-7-17/h1-9,12,19-20H,10-11,13-16H2,(H,24,27). The first kappa shape index (κ1) is 17.9. The summed E-state index contributed by atoms with van der Waals surface area (Å²) in [6.07, 6.45) is 1.26. The second-order valence-corrected chi connectivity index (χ2v) is 8.94. The average molecular weight is 392 g/mol. The average Bonchev–Trinajstić information content (AvgIpc) is 3.42. The molecule has 2 aromatic carbocycles. The van der Waals surface area contributed by atoms with E-state index in [-0.39, 0.29) is 5.91 Å². The molecule has 3 heterocycles. The van der Waals surface area contributed by atoms with Crippen LogP contribution in [0.25, 0.3) is 10.1 Å². The van der Waals surface area contributed by atoms with Gasteiger partial charge in [0.2, 0.25) is 0 Å². The van der Waals surface area contributed by atoms with Gasteiger partial charge in [0.15, 0.2) is 0 Å². The van der Waals surface area contributed by atoms with Gasteiger partial charge in [-0.1, -0.05) is 48.5 Å². The van der Waals surface area contributed by atoms with Crippen LogP contribution in [0.2, 0.25) is 0 Å². The van der Waals surface area contributed by atoms with E-state index in [0.717, 1.165) is 43.0 Å². The third kappa shape index (κ3) is 3.58. The number of thiophene rings is 1. The number of fused-ring (bicyclic) bond motifs is 3. The van der Waals surface area contributed by atoms with E-state index in [1.165, 1.54) is 16.7 Å². The van der Waals surface area contributed by atoms with Gasteiger partial charge < -0.3 is 5.32 Å². The fourth-order valence-electron chi connectivity index (χ4n) is 4.61. The van der Waals surface area contributed by atoms with Crippen LogP contribution >= 0.6 is 11.3 Å². The number of likely N-dealkylation sites (tertiary alicyclic amines) is 2. The van der Waals surface area contributed by atoms with Gasteiger partial charge in [-0.25, -0.2) is 0 Å². The molecule has 0 saturated carbocycles. The van der Waals surface area contributed by atoms with Crippen molar-refractivity contribution in [3.05, 3.63) is 71.1 Å². The SMILES string of the molecule is O=C(NCCN1CC2CC1CN2Cc1ccccc1)c1cc2ccccc2s1. The van der Waals surface area contributed by atoms with Crippen molar-refractivity contribution in [2.24, 2.45) is 0 Å². The molecule has 2 saturated heterocycles. The van der Waals surface area contributed by atoms with Gasteiger partial charge in [-0.3, -0.25) is 14.6 Å². The molecule has 2 aliphatic heterocycles. The molecule has 3 aromatic rings. The molecule has 28 heavy (non-hydrogen) atoms. The highest BCUT2D eigenvalue weighted by atomic mass is 32.1. The Morgan fingerprint density at radius 2 is 1.75 bits per heavy atom. The van der Waals surface area contributed by atoms with Gasteiger partial charge in [0.25, 0.3) is 5.91 Å². The first-order valence-electron chi connectivity index (χ1n) is 10.0. The van der Waals surface area contributed by atoms with Crippen molar-refractivity contribution in [1.29, 1.82) is 0 Å². The molecule has 0 aliphatic carbocycles. The second kappa shape index (κ2) is 7.66. The minimum absolute atomic E-state index is 0.0521. The Labute approximate surface area is 169 Å². The van der Waals surface area contributed by atoms with Crippen LogP contribution in [0.15, 0.2) is 60.7 Å². The van der Waals surface area contributed by atoms with Crippen LogP contribution in [0.5, 0.6) is 0 Å². The van der Waals surface area contributed by atoms with Crippen LogP contribution in [0, 0.1) is 0 Å². The van der Waals surface area contributed by atoms with Crippen LogP contribution in [0.4, 0.5) is 0 Å². The van der Waals surface area contributed by atoms with Gasteiger partial charge >= 0.3 is 0 Å². The number of hydrogen-bond donors (Lipinski definition) is 1. The molecular weight excluding hydrogens is 366 g/mol. The molecule has 2 aliphatic rings. The minimum Gasteiger partial charge on any atom is -0.350 e. The summed E-state index contributed by atoms with van der Waals surface area (Å²) >= 11 is 1.57. The lowest BCUT2D eigenvalue weighted by atomic mass is 10.2. The molecule has 4 nitrogen and oxygen atoms in total. The quantitative estimate of drug-likeness (QED) is 0.698. The molecule has 5 rings (SSSR count). The summed E-state index contributed by atoms with van der Waals surface area (Å²) in [7, 11) is 0. The van der Waals surface area contributed by atoms with Gasteiger partial charge in [0, 0.05) is 49.5 Å². The fraction of sp³-hybridized carbons (Fsp3) is 0.348. The summed E-state index contributed by atoms with van der Waals surface area (Å²) in [5.41, 5.74) is 1.40. The van der Waals surface area contributed by atoms with Crippen LogP contribution in [-0.2, 0) is 6.54 Å². The zero-order chi connectivity index (χ0) is 18.9. The number of amides is 1. The molecule has 1 aromatic heterocycles. The Hall–Kier alpha value is -2.21. The lowest BCUT2D eigenvalue weighted by Gasteiger charge is -2.34. The largest absolute Gasteiger partial charge is 0.350 e. The Bertz CT molecular complexity index is 937. The van der Waals surface area contributed by atoms with Gasteiger partial charge in [-0.15, -0.1) is 11.3 Å². The van der Waals surface area contributed by atoms with Gasteiger partial charge in [-0.05, 0) is 29.5 Å². The summed E-state index contributed by atoms with van der Waals surface area (Å²) in [5, 5.41) is 4.26. The summed E-state index contributed by atoms with van der Waals surface area (Å²) in [6, 6.07) is 22.2. The van der Waals surface area contributed by atoms with E-state index in [4.69, 9.17) is 0 Å². The second-order valence-electron chi connectivity index (χ2n) is 7.86. The van der Waals surface area contributed by atoms with Crippen LogP contribution in [0.1, 0.15) is 21.7 Å². The summed E-state index contributed by atoms with van der Waals surface area (Å²) < 4.78 is 1.17. The Kier molecular flexibility index (Phi) is 4.89. The van der Waals surface area contributed by atoms with E-state index in [0.29, 0.717) is 12.1 Å². The number of nitrogens with one attached hydrogen (secondary N) is 1. The molecule has 2 unspecified atom stereocenters. The summed E-state index contributed by atoms with van der Waals surface area (Å²) in [5.74, 6) is 0.0521. The lowest BCUT2D eigenvalue weighted by Crippen LogP contribution is -2.48. The molecule has 0 radical (unpaired) electrons. The van der Waals surface area contributed by atoms with Crippen molar-refractivity contribution in [3.8, 4) is 0 Å². The highest BCUT2D eigenvalue weighted by molar-refractivity contribution is 7.20. The minimum atomic E-state index is 0.0521. The fourth-order valence-corrected chi connectivity index (χ4v) is 5.59. The Balaban J connectivity index is 1.10. The molecule has 144 valence electrons. The molecule has 2 fully saturated rings. The summed E-state index contributed by atoms with van der Waals surface area (Å²) in [6.45, 7) is 4.98. The van der Waals surface area contributed by atoms with Gasteiger partial charge in [0.1, 0.15) is 0 Å². The smallest absolute Gasteiger partial charge is 0.261 e. The monoisotopic (exact) mass is 391 g/mol. The number of carbonyl (C=O) groups is 1. The van der Waals surface area contributed by atoms with Crippen molar-refractivity contribution in [2.75, 3.05) is 26.2 Å². The zero-order valence-corrected chi connectivity index (χ0v) is 16.7. The van der Waals surface area contributed by atoms with E-state index in [1.807, 2.05) is 18.2 Å². The predicted octanol–water partition coefficient (Wildman–Crippen LogP) is 3.59. The van der Waals surface area contributed by atoms with E-state index in [2.05, 4.69) is 57.6 Å². The highest BCUT2D eigenvalue weighted by Gasteiger charge is 2.42. The van der Waals surface area contributed by atoms with Crippen molar-refractivity contribution < 1.29 is 4.79 Å². The molecular formula is C23H25N3OS. The number of rotatable bonds is 6. The molecule has 0 spiro atoms. The van der Waals surface area contributed by atoms with Crippen LogP contribution in [-0.4, -0.2) is 54.0 Å². The molecule has 2 atom stereocenters. The maximum atomic E-state index is 12.5. The van der Waals surface area contributed by atoms with Gasteiger partial charge in [0.05, 0.1) is 4.88 Å². The molecule has 1 amide bonds. The van der Waals surface area contributed by atoms with E-state index >= 15 is 0 Å². The van der Waals surface area contributed by atoms with Crippen molar-refractivity contribution in [3.63, 3.8) is 0 Å². The maximum Gasteiger partial charge on any atom is 0.261 e. The number of hydrogen-bond acceptors (Lipinski definition) is 4. The first-order chi connectivity index (χ1) is 13.8. The molecule has 5 heteroatoms. The van der Waals surface area contributed by atoms with Gasteiger partial charge in [-0.2, -0.15) is 0 Å². The lowest BCUT2D eigenvalue weighted by molar-refractivity contribution is 0.0935. The topological polar surface area (TPSA) is 35.6 Å². The highest BCUT2D eigenvalue weighted by Crippen LogP contribution is 2.31. The van der Waals surface area contributed by atoms with Crippen molar-refractivity contribution in [1.82, 2.24) is 15.1 Å². The number of benzene rings is 2. The third-order valence-electron chi connectivity index (χ3n) is 6.03. The summed E-state index contributed by atoms with van der Waals surface area (Å²) in [4.78, 5) is 18.4. The Morgan fingerprint density at radius 1 is 1.00 bits per heavy atom. The Morgan fingerprint density at radius 3 is 2.54 bits per heavy atom. The predicted molar refractivity (Wildman–Crippen MR) is 115 cm³/mol. The normalized spacial score (nSPS) is 22.1. The van der Waals surface area contributed by atoms with Crippen molar-refractivity contribution >= 4 is 27.3 Å². The molecule has 1 N–H and O–H groups in total. The third-order valence-corrected chi connectivity index (χ3v) is 7.14. The zero-order valence-electron chi connectivity index (χ0n) is 15.9. The maximum absolute atomic E-state index is 12.5. The number of piperazine rings is 1. The first-order valence-corrected chi connectivity index (χ1v) is 10.9. The number of nitrogens with zero attached hydrogens (tertiary/aromatic N) is 2. The molecule has 2 bridgehead atoms.